The summed E-state index contributed by atoms with van der Waals surface area (Å²) in [5.74, 6) is 5.61. The number of nitrogens with one attached hydrogen (secondary N) is 7. The zero-order chi connectivity index (χ0) is 97.4. The van der Waals surface area contributed by atoms with Gasteiger partial charge in [-0.3, -0.25) is 51.7 Å². The van der Waals surface area contributed by atoms with Crippen molar-refractivity contribution < 1.29 is 30.8 Å². The van der Waals surface area contributed by atoms with Crippen molar-refractivity contribution in [1.82, 2.24) is 86.7 Å². The van der Waals surface area contributed by atoms with Crippen LogP contribution in [0.3, 0.4) is 0 Å². The number of aryl methyl sites for hydroxylation is 7. The van der Waals surface area contributed by atoms with E-state index in [1.54, 1.807) is 75.3 Å². The molecule has 143 heavy (non-hydrogen) atoms. The number of imidazole rings is 5. The highest BCUT2D eigenvalue weighted by molar-refractivity contribution is 6.08. The number of ether oxygens (including phenoxy) is 1. The summed E-state index contributed by atoms with van der Waals surface area (Å²) >= 11 is 0. The maximum Gasteiger partial charge on any atom is 0.248 e. The van der Waals surface area contributed by atoms with E-state index in [0.717, 1.165) is 289 Å². The lowest BCUT2D eigenvalue weighted by Crippen LogP contribution is -2.28. The van der Waals surface area contributed by atoms with Crippen molar-refractivity contribution in [2.24, 2.45) is 31.5 Å². The largest absolute Gasteiger partial charge is 0.496 e. The number of nitriles is 1. The standard InChI is InChI=1S/C26H21N5O2.C22H19N7O.C20H16N6O2.C20H22N6O.C18H20N6O/c1-33-23-11-9-21(19-4-2-3-5-20(19)23)25-26(31-13-12-27-15-24(31)29-25)28-17-7-8-18-16(14-17)6-10-22(18)30-32;23-8-2-11-28-10-1-3-19(28)21-22(29-12-9-24-14-20(29)26-21)25-16-5-6-17-15(13-16)4-7-18(17)27-30;27-18-10-13(5-6-22-18)19-20(26-8-7-21-11-17(26)24-19)23-14-2-3-15-12(9-14)1-4-16(15)25-28;27-25-17-6-3-13-10-15(4-5-16(13)17)23-20-19(14-2-1-7-21-11-14)24-18-12-22-8-9-26(18)20;19-7-1-2-16-18(24-9-8-20-11-17(24)22-16)21-13-4-5-14-12(10-13)3-6-15(14)23-25/h2-5,7-9,11-15,28,32H,6,10H2,1H3;1,3,5-6,9-10,12-14,25,30H,2,4,7,11H2;2-3,5-11,23,28H,1,4H2,(H,22,27);4-5,8-10,12,14,21,23,27H,1-3,6-7,11H2;4-5,8-11,21,25H,1-3,6-7,19H2/b30-22+;27-18+;25-16+;25-17+;. The van der Waals surface area contributed by atoms with Gasteiger partial charge in [0.25, 0.3) is 0 Å². The van der Waals surface area contributed by atoms with Gasteiger partial charge in [0.2, 0.25) is 5.56 Å². The Hall–Kier alpha value is -18.3. The highest BCUT2D eigenvalue weighted by Crippen LogP contribution is 2.43. The van der Waals surface area contributed by atoms with E-state index in [0.29, 0.717) is 48.0 Å². The molecule has 1 atom stereocenters. The van der Waals surface area contributed by atoms with E-state index in [9.17, 15) is 10.0 Å². The van der Waals surface area contributed by atoms with E-state index in [1.165, 1.54) is 29.2 Å². The number of hydrogen-bond donors (Lipinski definition) is 13. The fraction of sp³-hybridized carbons (Fsp3) is 0.198. The summed E-state index contributed by atoms with van der Waals surface area (Å²) < 4.78 is 17.6. The van der Waals surface area contributed by atoms with Gasteiger partial charge < -0.3 is 78.0 Å². The third-order valence-electron chi connectivity index (χ3n) is 26.6. The molecule has 5 aliphatic carbocycles. The van der Waals surface area contributed by atoms with Crippen LogP contribution in [-0.2, 0) is 45.1 Å². The first-order valence-electron chi connectivity index (χ1n) is 47.2. The topological polar surface area (TPSA) is 483 Å². The molecular weight excluding hydrogens is 1810 g/mol. The Morgan fingerprint density at radius 2 is 0.860 bits per heavy atom. The average molecular weight is 1900 g/mol. The molecule has 37 nitrogen and oxygen atoms in total. The second-order valence-corrected chi connectivity index (χ2v) is 35.2. The maximum absolute atomic E-state index is 11.8. The van der Waals surface area contributed by atoms with E-state index >= 15 is 0 Å². The number of benzene rings is 7. The summed E-state index contributed by atoms with van der Waals surface area (Å²) in [6.45, 7) is 3.26. The zero-order valence-corrected chi connectivity index (χ0v) is 77.7. The first-order chi connectivity index (χ1) is 70.4. The van der Waals surface area contributed by atoms with Crippen molar-refractivity contribution in [3.63, 3.8) is 0 Å². The third kappa shape index (κ3) is 18.5. The molecule has 0 bridgehead atoms. The molecule has 1 saturated heterocycles. The van der Waals surface area contributed by atoms with Crippen LogP contribution in [0.2, 0.25) is 0 Å². The number of nitrogens with two attached hydrogens (primary N) is 1. The molecule has 1 aliphatic heterocycles. The van der Waals surface area contributed by atoms with E-state index in [1.807, 2.05) is 162 Å². The fourth-order valence-corrected chi connectivity index (χ4v) is 19.8. The van der Waals surface area contributed by atoms with Gasteiger partial charge in [-0.05, 0) is 227 Å². The minimum Gasteiger partial charge on any atom is -0.496 e. The second kappa shape index (κ2) is 40.8. The van der Waals surface area contributed by atoms with Crippen molar-refractivity contribution in [2.75, 3.05) is 53.3 Å². The molecule has 0 radical (unpaired) electrons. The van der Waals surface area contributed by atoms with E-state index < -0.39 is 0 Å². The number of piperidine rings is 1. The molecule has 14 N–H and O–H groups in total. The molecule has 1 fully saturated rings. The number of methoxy groups -OCH3 is 1. The van der Waals surface area contributed by atoms with E-state index in [4.69, 9.17) is 51.5 Å². The summed E-state index contributed by atoms with van der Waals surface area (Å²) in [6.07, 6.45) is 43.0. The minimum absolute atomic E-state index is 0.188. The summed E-state index contributed by atoms with van der Waals surface area (Å²) in [5, 5.41) is 95.0. The van der Waals surface area contributed by atoms with Crippen LogP contribution in [0, 0.1) is 11.3 Å². The first-order valence-corrected chi connectivity index (χ1v) is 47.2. The van der Waals surface area contributed by atoms with Crippen LogP contribution in [-0.4, -0.2) is 163 Å². The Balaban J connectivity index is 0.000000106. The van der Waals surface area contributed by atoms with Gasteiger partial charge in [0.05, 0.1) is 96.2 Å². The molecule has 37 heteroatoms. The van der Waals surface area contributed by atoms with Gasteiger partial charge in [-0.2, -0.15) is 5.26 Å². The Kier molecular flexibility index (Phi) is 26.0. The minimum atomic E-state index is -0.188. The van der Waals surface area contributed by atoms with E-state index in [-0.39, 0.29) is 5.56 Å². The zero-order valence-electron chi connectivity index (χ0n) is 77.7. The number of pyridine rings is 1. The van der Waals surface area contributed by atoms with Gasteiger partial charge in [-0.15, -0.1) is 0 Å². The average Bonchev–Trinajstić information content (AvgIpc) is 1.65. The molecule has 13 heterocycles. The number of aromatic amines is 1. The van der Waals surface area contributed by atoms with Gasteiger partial charge >= 0.3 is 0 Å². The first kappa shape index (κ1) is 91.1. The quantitative estimate of drug-likeness (QED) is 0.0249. The number of nitrogens with zero attached hydrogens (tertiary/aromatic N) is 22. The molecule has 6 aliphatic rings. The van der Waals surface area contributed by atoms with Crippen LogP contribution >= 0.6 is 0 Å². The van der Waals surface area contributed by atoms with Crippen LogP contribution in [0.15, 0.2) is 288 Å². The smallest absolute Gasteiger partial charge is 0.248 e. The van der Waals surface area contributed by atoms with Crippen LogP contribution in [0.5, 0.6) is 5.75 Å². The van der Waals surface area contributed by atoms with Crippen molar-refractivity contribution in [2.45, 2.75) is 109 Å². The lowest BCUT2D eigenvalue weighted by atomic mass is 9.96. The Morgan fingerprint density at radius 3 is 1.31 bits per heavy atom. The SMILES string of the molecule is COc1ccc(-c2nc3cnccn3c2Nc2ccc3c(c2)CC/C3=N\O)c2ccccc12.N#CCCn1cccc1-c1nc2cnccn2c1Nc1ccc2c(c1)CC/C2=N\O.NCCCc1nc2cnccn2c1Nc1ccc2c(c1)CCC2=NO.O/N=C1\CCc2cc(Nc3c(C4CCCNC4)nc4cnccn34)ccc21.O=c1cc(-c2nc3cnccn3c2Nc2ccc3c(c2)CC/C3=N\O)cc[nH]1. The van der Waals surface area contributed by atoms with Crippen LogP contribution in [0.1, 0.15) is 131 Å². The Labute approximate surface area is 817 Å². The lowest BCUT2D eigenvalue weighted by molar-refractivity contribution is 0.318. The van der Waals surface area contributed by atoms with Gasteiger partial charge in [-0.25, -0.2) is 24.9 Å². The number of oxime groups is 5. The number of fused-ring (bicyclic) bond motifs is 11. The van der Waals surface area contributed by atoms with Crippen molar-refractivity contribution in [1.29, 1.82) is 5.26 Å². The van der Waals surface area contributed by atoms with Gasteiger partial charge in [0.1, 0.15) is 51.9 Å². The number of H-pyrrole nitrogens is 1. The predicted molar refractivity (Wildman–Crippen MR) is 548 cm³/mol. The molecule has 19 aromatic rings. The highest BCUT2D eigenvalue weighted by atomic mass is 16.5. The molecule has 7 aromatic carbocycles. The van der Waals surface area contributed by atoms with Crippen LogP contribution in [0.25, 0.3) is 72.9 Å². The molecular formula is C106H98N30O7. The molecule has 0 saturated carbocycles. The number of rotatable bonds is 20. The molecule has 714 valence electrons. The Morgan fingerprint density at radius 1 is 0.448 bits per heavy atom. The molecule has 0 amide bonds. The van der Waals surface area contributed by atoms with Crippen molar-refractivity contribution in [3.05, 3.63) is 334 Å². The molecule has 1 unspecified atom stereocenters. The fourth-order valence-electron chi connectivity index (χ4n) is 19.8. The molecule has 0 spiro atoms. The number of aromatic nitrogens is 17. The summed E-state index contributed by atoms with van der Waals surface area (Å²) in [6, 6.07) is 52.2. The highest BCUT2D eigenvalue weighted by Gasteiger charge is 2.30. The molecule has 25 rings (SSSR count). The normalized spacial score (nSPS) is 15.6. The summed E-state index contributed by atoms with van der Waals surface area (Å²) in [5.41, 5.74) is 35.7. The third-order valence-corrected chi connectivity index (χ3v) is 26.6. The monoisotopic (exact) mass is 1900 g/mol. The summed E-state index contributed by atoms with van der Waals surface area (Å²) in [7, 11) is 1.69. The van der Waals surface area contributed by atoms with E-state index in [2.05, 4.69) is 150 Å². The number of hydrogen-bond acceptors (Lipinski definition) is 30. The second-order valence-electron chi connectivity index (χ2n) is 35.2. The van der Waals surface area contributed by atoms with Gasteiger partial charge in [-0.1, -0.05) is 80.4 Å². The van der Waals surface area contributed by atoms with Crippen molar-refractivity contribution >= 4 is 125 Å². The van der Waals surface area contributed by atoms with Crippen LogP contribution < -0.4 is 47.9 Å². The van der Waals surface area contributed by atoms with Crippen LogP contribution in [0.4, 0.5) is 57.5 Å². The van der Waals surface area contributed by atoms with Crippen molar-refractivity contribution in [3.8, 4) is 45.7 Å². The number of anilines is 10. The maximum atomic E-state index is 11.8. The Bertz CT molecular complexity index is 8330. The lowest BCUT2D eigenvalue weighted by Gasteiger charge is -2.22. The predicted octanol–water partition coefficient (Wildman–Crippen LogP) is 17.9. The van der Waals surface area contributed by atoms with Gasteiger partial charge in [0.15, 0.2) is 28.2 Å². The molecule has 12 aromatic heterocycles. The van der Waals surface area contributed by atoms with Gasteiger partial charge in [0, 0.05) is 172 Å². The summed E-state index contributed by atoms with van der Waals surface area (Å²) in [4.78, 5) is 59.3.